The number of benzene rings is 3. The van der Waals surface area contributed by atoms with Crippen LogP contribution in [-0.2, 0) is 41.6 Å². The van der Waals surface area contributed by atoms with Gasteiger partial charge in [-0.3, -0.25) is 38.4 Å². The van der Waals surface area contributed by atoms with Gasteiger partial charge in [0.05, 0.1) is 24.2 Å². The molecule has 0 spiro atoms. The third kappa shape index (κ3) is 13.1. The van der Waals surface area contributed by atoms with Gasteiger partial charge in [-0.05, 0) is 112 Å². The van der Waals surface area contributed by atoms with Gasteiger partial charge in [-0.2, -0.15) is 0 Å². The van der Waals surface area contributed by atoms with Crippen molar-refractivity contribution in [1.29, 1.82) is 0 Å². The zero-order valence-corrected chi connectivity index (χ0v) is 47.1. The highest BCUT2D eigenvalue weighted by molar-refractivity contribution is 6.02. The molecule has 2 fully saturated rings. The number of hydrogen-bond donors (Lipinski definition) is 8. The standard InChI is InChI=1S/C58H76F4N10O8/c1-29(63-9)49(73)69-47(57(3,4)5)55(79)71-27-33(25-39(71)51(75)67-37-23-15-19-31-17-11-13-21-35(31)37)65-53(77)41-43(59)42(45(61)46(62)44(41)60)54(78)66-34-26-40(52(76)68-38-24-16-20-32-18-12-14-22-36(32)38)72(28-34)56(80)48(58(6,7)8)70-50(74)30(2)64-10/h11-14,17-18,21-22,29-30,33-34,37-40,47-48,63-64H,15-16,19-20,23-28H2,1-10H3,(H,65,77)(H,66,78)(H,67,75)(H,68,76)(H,69,73)(H,70,74)/t29-,30-,33-,34-,37+,38+,39-,40-,47+,48+/m0/s1. The first-order valence-electron chi connectivity index (χ1n) is 27.5. The van der Waals surface area contributed by atoms with Crippen LogP contribution in [0, 0.1) is 34.1 Å². The lowest BCUT2D eigenvalue weighted by Crippen LogP contribution is -2.59. The molecule has 8 N–H and O–H groups in total. The Balaban J connectivity index is 1.16. The van der Waals surface area contributed by atoms with E-state index in [4.69, 9.17) is 0 Å². The lowest BCUT2D eigenvalue weighted by molar-refractivity contribution is -0.144. The van der Waals surface area contributed by atoms with E-state index < -0.39 is 166 Å². The lowest BCUT2D eigenvalue weighted by Gasteiger charge is -2.36. The number of carbonyl (C=O) groups excluding carboxylic acids is 8. The Morgan fingerprint density at radius 2 is 0.887 bits per heavy atom. The number of nitrogens with one attached hydrogen (secondary N) is 8. The molecule has 2 heterocycles. The molecule has 7 rings (SSSR count). The molecule has 0 radical (unpaired) electrons. The fourth-order valence-electron chi connectivity index (χ4n) is 11.2. The largest absolute Gasteiger partial charge is 0.347 e. The minimum absolute atomic E-state index is 0.317. The highest BCUT2D eigenvalue weighted by Gasteiger charge is 2.49. The molecule has 3 aromatic rings. The van der Waals surface area contributed by atoms with Crippen LogP contribution in [0.2, 0.25) is 0 Å². The molecular weight excluding hydrogens is 1040 g/mol. The zero-order chi connectivity index (χ0) is 58.7. The van der Waals surface area contributed by atoms with Crippen LogP contribution < -0.4 is 42.5 Å². The summed E-state index contributed by atoms with van der Waals surface area (Å²) in [6.07, 6.45) is 3.60. The topological polar surface area (TPSA) is 239 Å². The predicted molar refractivity (Wildman–Crippen MR) is 289 cm³/mol. The van der Waals surface area contributed by atoms with E-state index in [1.807, 2.05) is 48.5 Å². The van der Waals surface area contributed by atoms with Crippen LogP contribution in [0.1, 0.15) is 149 Å². The minimum Gasteiger partial charge on any atom is -0.347 e. The van der Waals surface area contributed by atoms with Gasteiger partial charge in [0.25, 0.3) is 11.8 Å². The van der Waals surface area contributed by atoms with E-state index >= 15 is 17.6 Å². The number of fused-ring (bicyclic) bond motifs is 2. The monoisotopic (exact) mass is 1120 g/mol. The van der Waals surface area contributed by atoms with E-state index in [0.29, 0.717) is 12.8 Å². The SMILES string of the molecule is CN[C@@H](C)C(=O)N[C@H](C(=O)N1C[C@@H](NC(=O)c2c(F)c(F)c(F)c(C(=O)N[C@H]3C[C@@H](C(=O)N[C@@H]4CCCc5ccccc54)N(C(=O)[C@@H](NC(=O)[C@H](C)NC)C(C)(C)C)C3)c2F)C[C@H]1C(=O)N[C@@H]1CCCc2ccccc21)C(C)(C)C. The molecular formula is C58H76F4N10O8. The Hall–Kier alpha value is -6.94. The van der Waals surface area contributed by atoms with Crippen molar-refractivity contribution in [3.8, 4) is 0 Å². The van der Waals surface area contributed by atoms with Crippen molar-refractivity contribution in [3.05, 3.63) is 105 Å². The molecule has 2 aliphatic heterocycles. The first-order chi connectivity index (χ1) is 37.7. The van der Waals surface area contributed by atoms with Crippen molar-refractivity contribution in [3.63, 3.8) is 0 Å². The number of likely N-dealkylation sites (tertiary alicyclic amines) is 2. The molecule has 0 bridgehead atoms. The van der Waals surface area contributed by atoms with Crippen molar-refractivity contribution in [2.45, 2.75) is 167 Å². The summed E-state index contributed by atoms with van der Waals surface area (Å²) in [5.74, 6) is -15.9. The molecule has 2 aliphatic carbocycles. The molecule has 8 amide bonds. The molecule has 0 aromatic heterocycles. The fourth-order valence-corrected chi connectivity index (χ4v) is 11.2. The summed E-state index contributed by atoms with van der Waals surface area (Å²) in [6, 6.07) is 5.29. The maximum atomic E-state index is 16.8. The second-order valence-corrected chi connectivity index (χ2v) is 23.8. The number of carbonyl (C=O) groups is 8. The summed E-state index contributed by atoms with van der Waals surface area (Å²) < 4.78 is 64.3. The van der Waals surface area contributed by atoms with E-state index in [-0.39, 0.29) is 12.8 Å². The van der Waals surface area contributed by atoms with Gasteiger partial charge in [-0.15, -0.1) is 0 Å². The number of likely N-dealkylation sites (N-methyl/N-ethyl adjacent to an activating group) is 2. The molecule has 0 unspecified atom stereocenters. The molecule has 4 aliphatic rings. The zero-order valence-electron chi connectivity index (χ0n) is 47.1. The summed E-state index contributed by atoms with van der Waals surface area (Å²) in [5.41, 5.74) is -1.37. The second kappa shape index (κ2) is 24.8. The molecule has 18 nitrogen and oxygen atoms in total. The number of nitrogens with zero attached hydrogens (tertiary/aromatic N) is 2. The van der Waals surface area contributed by atoms with E-state index in [1.54, 1.807) is 69.5 Å². The third-order valence-corrected chi connectivity index (χ3v) is 16.0. The van der Waals surface area contributed by atoms with Gasteiger partial charge in [0.1, 0.15) is 35.3 Å². The van der Waals surface area contributed by atoms with Crippen LogP contribution >= 0.6 is 0 Å². The smallest absolute Gasteiger partial charge is 0.257 e. The first-order valence-corrected chi connectivity index (χ1v) is 27.5. The van der Waals surface area contributed by atoms with Gasteiger partial charge in [-0.25, -0.2) is 17.6 Å². The van der Waals surface area contributed by atoms with Gasteiger partial charge < -0.3 is 52.3 Å². The van der Waals surface area contributed by atoms with Crippen molar-refractivity contribution in [2.24, 2.45) is 10.8 Å². The highest BCUT2D eigenvalue weighted by Crippen LogP contribution is 2.35. The van der Waals surface area contributed by atoms with Crippen molar-refractivity contribution >= 4 is 47.3 Å². The Morgan fingerprint density at radius 3 is 1.24 bits per heavy atom. The number of halogens is 4. The summed E-state index contributed by atoms with van der Waals surface area (Å²) in [6.45, 7) is 12.6. The Bertz CT molecular complexity index is 2710. The molecule has 80 heavy (non-hydrogen) atoms. The summed E-state index contributed by atoms with van der Waals surface area (Å²) in [7, 11) is 3.12. The molecule has 434 valence electrons. The second-order valence-electron chi connectivity index (χ2n) is 23.8. The normalized spacial score (nSPS) is 22.4. The number of amides is 8. The summed E-state index contributed by atoms with van der Waals surface area (Å²) in [5, 5.41) is 22.0. The predicted octanol–water partition coefficient (Wildman–Crippen LogP) is 4.31. The molecule has 2 saturated heterocycles. The summed E-state index contributed by atoms with van der Waals surface area (Å²) in [4.78, 5) is 115. The van der Waals surface area contributed by atoms with E-state index in [0.717, 1.165) is 47.9 Å². The van der Waals surface area contributed by atoms with E-state index in [2.05, 4.69) is 42.5 Å². The lowest BCUT2D eigenvalue weighted by atomic mass is 9.85. The Morgan fingerprint density at radius 1 is 0.525 bits per heavy atom. The fraction of sp³-hybridized carbons (Fsp3) is 0.552. The first kappa shape index (κ1) is 60.7. The van der Waals surface area contributed by atoms with Crippen LogP contribution in [0.3, 0.4) is 0 Å². The van der Waals surface area contributed by atoms with Gasteiger partial charge >= 0.3 is 0 Å². The number of hydrogen-bond acceptors (Lipinski definition) is 10. The number of rotatable bonds is 16. The van der Waals surface area contributed by atoms with Crippen molar-refractivity contribution in [1.82, 2.24) is 52.3 Å². The molecule has 0 saturated carbocycles. The highest BCUT2D eigenvalue weighted by atomic mass is 19.2. The Labute approximate surface area is 464 Å². The van der Waals surface area contributed by atoms with Crippen LogP contribution in [0.5, 0.6) is 0 Å². The molecule has 3 aromatic carbocycles. The van der Waals surface area contributed by atoms with E-state index in [9.17, 15) is 38.4 Å². The minimum atomic E-state index is -2.36. The average molecular weight is 1120 g/mol. The molecule has 10 atom stereocenters. The van der Waals surface area contributed by atoms with Crippen LogP contribution in [-0.4, -0.2) is 133 Å². The van der Waals surface area contributed by atoms with Gasteiger partial charge in [0.15, 0.2) is 23.3 Å². The quantitative estimate of drug-likeness (QED) is 0.0575. The molecule has 22 heteroatoms. The Kier molecular flexibility index (Phi) is 18.8. The van der Waals surface area contributed by atoms with Gasteiger partial charge in [0, 0.05) is 25.2 Å². The van der Waals surface area contributed by atoms with E-state index in [1.165, 1.54) is 9.80 Å². The van der Waals surface area contributed by atoms with Gasteiger partial charge in [-0.1, -0.05) is 90.1 Å². The summed E-state index contributed by atoms with van der Waals surface area (Å²) >= 11 is 0. The third-order valence-electron chi connectivity index (χ3n) is 16.0. The van der Waals surface area contributed by atoms with Gasteiger partial charge in [0.2, 0.25) is 35.4 Å². The van der Waals surface area contributed by atoms with Crippen molar-refractivity contribution < 1.29 is 55.9 Å². The van der Waals surface area contributed by atoms with Crippen molar-refractivity contribution in [2.75, 3.05) is 27.2 Å². The van der Waals surface area contributed by atoms with Crippen LogP contribution in [0.25, 0.3) is 0 Å². The maximum Gasteiger partial charge on any atom is 0.257 e. The average Bonchev–Trinajstić information content (AvgIpc) is 4.08. The maximum absolute atomic E-state index is 16.8. The van der Waals surface area contributed by atoms with Crippen LogP contribution in [0.4, 0.5) is 17.6 Å². The van der Waals surface area contributed by atoms with Crippen LogP contribution in [0.15, 0.2) is 48.5 Å². The number of aryl methyl sites for hydroxylation is 2.